The Balaban J connectivity index is 1.79. The predicted octanol–water partition coefficient (Wildman–Crippen LogP) is 4.13. The summed E-state index contributed by atoms with van der Waals surface area (Å²) in [5.41, 5.74) is 4.04. The van der Waals surface area contributed by atoms with Gasteiger partial charge in [-0.25, -0.2) is 9.98 Å². The second-order valence-corrected chi connectivity index (χ2v) is 8.41. The molecule has 0 unspecified atom stereocenters. The van der Waals surface area contributed by atoms with E-state index >= 15 is 0 Å². The van der Waals surface area contributed by atoms with Gasteiger partial charge in [-0.2, -0.15) is 0 Å². The fraction of sp³-hybridized carbons (Fsp3) is 0.316. The van der Waals surface area contributed by atoms with E-state index in [4.69, 9.17) is 0 Å². The van der Waals surface area contributed by atoms with E-state index in [1.807, 2.05) is 20.0 Å². The molecule has 0 amide bonds. The van der Waals surface area contributed by atoms with Crippen LogP contribution in [0, 0.1) is 13.8 Å². The number of anilines is 1. The quantitative estimate of drug-likeness (QED) is 0.573. The van der Waals surface area contributed by atoms with Gasteiger partial charge in [-0.1, -0.05) is 29.8 Å². The molecule has 0 atom stereocenters. The highest BCUT2D eigenvalue weighted by atomic mass is 32.2. The summed E-state index contributed by atoms with van der Waals surface area (Å²) in [6.07, 6.45) is 3.67. The van der Waals surface area contributed by atoms with Crippen molar-refractivity contribution in [3.8, 4) is 0 Å². The number of benzene rings is 1. The Labute approximate surface area is 162 Å². The smallest absolute Gasteiger partial charge is 0.186 e. The fourth-order valence-electron chi connectivity index (χ4n) is 2.62. The number of carbonyl (C=O) groups excluding carboxylic acids is 1. The van der Waals surface area contributed by atoms with E-state index < -0.39 is 0 Å². The Morgan fingerprint density at radius 3 is 2.62 bits per heavy atom. The van der Waals surface area contributed by atoms with E-state index in [2.05, 4.69) is 50.8 Å². The van der Waals surface area contributed by atoms with Gasteiger partial charge in [0.25, 0.3) is 0 Å². The van der Waals surface area contributed by atoms with Crippen LogP contribution in [-0.4, -0.2) is 29.4 Å². The van der Waals surface area contributed by atoms with Crippen LogP contribution in [0.15, 0.2) is 41.2 Å². The molecule has 0 aliphatic carbocycles. The molecule has 1 N–H and O–H groups in total. The van der Waals surface area contributed by atoms with Crippen molar-refractivity contribution in [3.63, 3.8) is 0 Å². The van der Waals surface area contributed by atoms with Gasteiger partial charge in [0, 0.05) is 17.6 Å². The summed E-state index contributed by atoms with van der Waals surface area (Å²) >= 11 is 3.07. The van der Waals surface area contributed by atoms with Gasteiger partial charge in [-0.05, 0) is 44.7 Å². The third kappa shape index (κ3) is 4.74. The Kier molecular flexibility index (Phi) is 6.11. The van der Waals surface area contributed by atoms with Crippen LogP contribution in [0.2, 0.25) is 0 Å². The lowest BCUT2D eigenvalue weighted by Crippen LogP contribution is -2.29. The van der Waals surface area contributed by atoms with Crippen LogP contribution >= 0.6 is 23.3 Å². The number of aliphatic imine (C=N–C) groups is 1. The van der Waals surface area contributed by atoms with Gasteiger partial charge in [0.05, 0.1) is 17.3 Å². The first kappa shape index (κ1) is 18.7. The van der Waals surface area contributed by atoms with E-state index in [0.717, 1.165) is 40.0 Å². The number of hydrogen-bond donors (Lipinski definition) is 1. The summed E-state index contributed by atoms with van der Waals surface area (Å²) in [5, 5.41) is 1.86. The van der Waals surface area contributed by atoms with Crippen LogP contribution in [0.25, 0.3) is 0 Å². The zero-order valence-corrected chi connectivity index (χ0v) is 16.8. The molecule has 7 heteroatoms. The second-order valence-electron chi connectivity index (χ2n) is 6.20. The van der Waals surface area contributed by atoms with Gasteiger partial charge in [0.2, 0.25) is 0 Å². The summed E-state index contributed by atoms with van der Waals surface area (Å²) in [4.78, 5) is 23.5. The SMILES string of the molecule is CC1=NC(CN(CCc2ccc(C)cc2)c2nc(C=O)c(C)s2)=CNS1. The molecule has 0 saturated heterocycles. The van der Waals surface area contributed by atoms with Crippen LogP contribution < -0.4 is 9.62 Å². The van der Waals surface area contributed by atoms with Gasteiger partial charge in [-0.15, -0.1) is 11.3 Å². The minimum atomic E-state index is 0.524. The van der Waals surface area contributed by atoms with Crippen molar-refractivity contribution in [1.29, 1.82) is 0 Å². The highest BCUT2D eigenvalue weighted by Crippen LogP contribution is 2.26. The Morgan fingerprint density at radius 2 is 1.96 bits per heavy atom. The Hall–Kier alpha value is -2.12. The Morgan fingerprint density at radius 1 is 1.19 bits per heavy atom. The number of nitrogens with one attached hydrogen (secondary N) is 1. The van der Waals surface area contributed by atoms with Gasteiger partial charge in [0.1, 0.15) is 5.69 Å². The first-order chi connectivity index (χ1) is 12.5. The molecule has 0 bridgehead atoms. The number of aldehydes is 1. The average molecular weight is 387 g/mol. The molecule has 136 valence electrons. The highest BCUT2D eigenvalue weighted by molar-refractivity contribution is 8.12. The van der Waals surface area contributed by atoms with Crippen LogP contribution in [-0.2, 0) is 6.42 Å². The monoisotopic (exact) mass is 386 g/mol. The van der Waals surface area contributed by atoms with Crippen LogP contribution in [0.4, 0.5) is 5.13 Å². The highest BCUT2D eigenvalue weighted by Gasteiger charge is 2.17. The summed E-state index contributed by atoms with van der Waals surface area (Å²) < 4.78 is 3.17. The summed E-state index contributed by atoms with van der Waals surface area (Å²) in [5.74, 6) is 0. The molecule has 0 fully saturated rings. The normalized spacial score (nSPS) is 13.7. The van der Waals surface area contributed by atoms with Crippen LogP contribution in [0.3, 0.4) is 0 Å². The third-order valence-electron chi connectivity index (χ3n) is 4.08. The lowest BCUT2D eigenvalue weighted by atomic mass is 10.1. The molecule has 26 heavy (non-hydrogen) atoms. The fourth-order valence-corrected chi connectivity index (χ4v) is 4.05. The molecule has 2 aromatic rings. The molecular weight excluding hydrogens is 364 g/mol. The van der Waals surface area contributed by atoms with Gasteiger partial charge in [-0.3, -0.25) is 4.79 Å². The lowest BCUT2D eigenvalue weighted by Gasteiger charge is -2.23. The van der Waals surface area contributed by atoms with E-state index in [1.165, 1.54) is 23.1 Å². The first-order valence-electron chi connectivity index (χ1n) is 8.45. The molecule has 0 radical (unpaired) electrons. The standard InChI is InChI=1S/C19H22N4OS2/c1-13-4-6-16(7-5-13)8-9-23(11-17-10-20-26-15(3)21-17)19-22-18(12-24)14(2)25-19/h4-7,10,12,20H,8-9,11H2,1-3H3. The van der Waals surface area contributed by atoms with Crippen molar-refractivity contribution in [3.05, 3.63) is 57.9 Å². The maximum Gasteiger partial charge on any atom is 0.186 e. The largest absolute Gasteiger partial charge is 0.342 e. The van der Waals surface area contributed by atoms with E-state index in [9.17, 15) is 4.79 Å². The molecule has 1 aromatic carbocycles. The maximum atomic E-state index is 11.2. The third-order valence-corrected chi connectivity index (χ3v) is 5.75. The molecule has 2 heterocycles. The topological polar surface area (TPSA) is 57.6 Å². The molecule has 5 nitrogen and oxygen atoms in total. The summed E-state index contributed by atoms with van der Waals surface area (Å²) in [6.45, 7) is 7.48. The minimum Gasteiger partial charge on any atom is -0.342 e. The van der Waals surface area contributed by atoms with Crippen molar-refractivity contribution in [2.45, 2.75) is 27.2 Å². The number of rotatable bonds is 7. The Bertz CT molecular complexity index is 840. The maximum absolute atomic E-state index is 11.2. The molecule has 1 aliphatic heterocycles. The number of carbonyl (C=O) groups is 1. The molecular formula is C19H22N4OS2. The molecule has 0 spiro atoms. The molecule has 1 aromatic heterocycles. The van der Waals surface area contributed by atoms with E-state index in [0.29, 0.717) is 12.2 Å². The zero-order chi connectivity index (χ0) is 18.5. The van der Waals surface area contributed by atoms with Gasteiger partial charge >= 0.3 is 0 Å². The molecule has 0 saturated carbocycles. The first-order valence-corrected chi connectivity index (χ1v) is 10.1. The van der Waals surface area contributed by atoms with E-state index in [-0.39, 0.29) is 0 Å². The number of aromatic nitrogens is 1. The molecule has 3 rings (SSSR count). The summed E-state index contributed by atoms with van der Waals surface area (Å²) in [6, 6.07) is 8.60. The average Bonchev–Trinajstić information content (AvgIpc) is 3.01. The van der Waals surface area contributed by atoms with Crippen molar-refractivity contribution in [2.75, 3.05) is 18.0 Å². The molecule has 1 aliphatic rings. The van der Waals surface area contributed by atoms with E-state index in [1.54, 1.807) is 11.3 Å². The number of aryl methyl sites for hydroxylation is 2. The number of thiazole rings is 1. The predicted molar refractivity (Wildman–Crippen MR) is 111 cm³/mol. The van der Waals surface area contributed by atoms with Crippen molar-refractivity contribution in [1.82, 2.24) is 9.71 Å². The van der Waals surface area contributed by atoms with Crippen molar-refractivity contribution >= 4 is 39.7 Å². The number of hydrogen-bond acceptors (Lipinski definition) is 7. The van der Waals surface area contributed by atoms with Gasteiger partial charge in [0.15, 0.2) is 11.4 Å². The number of nitrogens with zero attached hydrogens (tertiary/aromatic N) is 3. The van der Waals surface area contributed by atoms with Crippen molar-refractivity contribution in [2.24, 2.45) is 4.99 Å². The second kappa shape index (κ2) is 8.51. The summed E-state index contributed by atoms with van der Waals surface area (Å²) in [7, 11) is 0. The van der Waals surface area contributed by atoms with Gasteiger partial charge < -0.3 is 9.62 Å². The van der Waals surface area contributed by atoms with Crippen LogP contribution in [0.5, 0.6) is 0 Å². The van der Waals surface area contributed by atoms with Crippen molar-refractivity contribution < 1.29 is 4.79 Å². The lowest BCUT2D eigenvalue weighted by molar-refractivity contribution is 0.111. The van der Waals surface area contributed by atoms with Crippen LogP contribution in [0.1, 0.15) is 33.4 Å². The zero-order valence-electron chi connectivity index (χ0n) is 15.2. The minimum absolute atomic E-state index is 0.524.